The van der Waals surface area contributed by atoms with Crippen LogP contribution in [0.5, 0.6) is 5.75 Å². The van der Waals surface area contributed by atoms with Crippen LogP contribution in [-0.4, -0.2) is 65.6 Å². The summed E-state index contributed by atoms with van der Waals surface area (Å²) in [6, 6.07) is 16.8. The van der Waals surface area contributed by atoms with Gasteiger partial charge < -0.3 is 25.7 Å². The van der Waals surface area contributed by atoms with Crippen LogP contribution in [0.3, 0.4) is 0 Å². The molecule has 0 spiro atoms. The van der Waals surface area contributed by atoms with E-state index in [1.54, 1.807) is 14.2 Å². The molecule has 0 atom stereocenters. The van der Waals surface area contributed by atoms with E-state index < -0.39 is 0 Å². The van der Waals surface area contributed by atoms with Crippen LogP contribution in [0.1, 0.15) is 30.4 Å². The third-order valence-electron chi connectivity index (χ3n) is 7.33. The highest BCUT2D eigenvalue weighted by Crippen LogP contribution is 2.30. The van der Waals surface area contributed by atoms with Gasteiger partial charge in [0.25, 0.3) is 0 Å². The van der Waals surface area contributed by atoms with Crippen molar-refractivity contribution in [3.63, 3.8) is 0 Å². The summed E-state index contributed by atoms with van der Waals surface area (Å²) in [5.74, 6) is 1.70. The van der Waals surface area contributed by atoms with Gasteiger partial charge in [-0.2, -0.15) is 0 Å². The summed E-state index contributed by atoms with van der Waals surface area (Å²) in [6.45, 7) is 5.74. The fourth-order valence-corrected chi connectivity index (χ4v) is 4.99. The molecule has 9 nitrogen and oxygen atoms in total. The van der Waals surface area contributed by atoms with Gasteiger partial charge in [0.2, 0.25) is 5.91 Å². The second-order valence-corrected chi connectivity index (χ2v) is 10.1. The summed E-state index contributed by atoms with van der Waals surface area (Å²) in [6.07, 6.45) is 4.49. The van der Waals surface area contributed by atoms with Gasteiger partial charge in [-0.15, -0.1) is 0 Å². The quantitative estimate of drug-likeness (QED) is 0.239. The number of imidazole rings is 1. The number of fused-ring (bicyclic) bond motifs is 1. The number of carbonyl (C=O) groups is 1. The van der Waals surface area contributed by atoms with E-state index in [1.807, 2.05) is 42.6 Å². The van der Waals surface area contributed by atoms with Gasteiger partial charge in [-0.1, -0.05) is 12.1 Å². The SMILES string of the molecule is CNC(=O)CCNc1ccc(-c2nc3ncc(C)c(NC4CCN(Cc5ccc(OC)cc5)CC4)c3[nH]2)cc1. The molecule has 0 saturated carbocycles. The largest absolute Gasteiger partial charge is 0.497 e. The second-order valence-electron chi connectivity index (χ2n) is 10.1. The Morgan fingerprint density at radius 1 is 1.10 bits per heavy atom. The average Bonchev–Trinajstić information content (AvgIpc) is 3.41. The number of nitrogens with zero attached hydrogens (tertiary/aromatic N) is 3. The van der Waals surface area contributed by atoms with Crippen molar-refractivity contribution in [1.82, 2.24) is 25.2 Å². The minimum absolute atomic E-state index is 0.0210. The van der Waals surface area contributed by atoms with Gasteiger partial charge in [-0.3, -0.25) is 9.69 Å². The Balaban J connectivity index is 1.22. The first kappa shape index (κ1) is 26.5. The maximum Gasteiger partial charge on any atom is 0.221 e. The van der Waals surface area contributed by atoms with E-state index in [9.17, 15) is 4.79 Å². The summed E-state index contributed by atoms with van der Waals surface area (Å²) >= 11 is 0. The average molecular weight is 528 g/mol. The van der Waals surface area contributed by atoms with Gasteiger partial charge in [-0.05, 0) is 67.3 Å². The molecule has 0 aliphatic carbocycles. The van der Waals surface area contributed by atoms with Gasteiger partial charge >= 0.3 is 0 Å². The standard InChI is InChI=1S/C30H37N7O2/c1-20-18-33-30-28(35-29(36-30)22-6-8-23(9-7-22)32-15-12-26(38)31-2)27(20)34-24-13-16-37(17-14-24)19-21-4-10-25(39-3)11-5-21/h4-11,18,24,32H,12-17,19H2,1-3H3,(H,31,38)(H2,33,34,35,36). The van der Waals surface area contributed by atoms with Crippen molar-refractivity contribution in [2.75, 3.05) is 44.4 Å². The summed E-state index contributed by atoms with van der Waals surface area (Å²) in [5, 5.41) is 9.72. The molecule has 1 saturated heterocycles. The number of likely N-dealkylation sites (tertiary alicyclic amines) is 1. The molecule has 4 aromatic rings. The number of carbonyl (C=O) groups excluding carboxylic acids is 1. The van der Waals surface area contributed by atoms with E-state index in [2.05, 4.69) is 49.9 Å². The number of amides is 1. The fourth-order valence-electron chi connectivity index (χ4n) is 4.99. The minimum atomic E-state index is 0.0210. The predicted octanol–water partition coefficient (Wildman–Crippen LogP) is 4.57. The van der Waals surface area contributed by atoms with Gasteiger partial charge in [-0.25, -0.2) is 9.97 Å². The number of piperidine rings is 1. The Labute approximate surface area is 229 Å². The number of rotatable bonds is 10. The maximum absolute atomic E-state index is 11.4. The van der Waals surface area contributed by atoms with E-state index in [4.69, 9.17) is 9.72 Å². The van der Waals surface area contributed by atoms with E-state index in [1.165, 1.54) is 5.56 Å². The molecule has 0 bridgehead atoms. The molecule has 1 amide bonds. The third kappa shape index (κ3) is 6.49. The second kappa shape index (κ2) is 12.2. The molecule has 4 N–H and O–H groups in total. The van der Waals surface area contributed by atoms with Crippen molar-refractivity contribution in [1.29, 1.82) is 0 Å². The Hall–Kier alpha value is -4.11. The Morgan fingerprint density at radius 2 is 1.85 bits per heavy atom. The van der Waals surface area contributed by atoms with E-state index in [-0.39, 0.29) is 5.91 Å². The smallest absolute Gasteiger partial charge is 0.221 e. The number of hydrogen-bond acceptors (Lipinski definition) is 7. The van der Waals surface area contributed by atoms with Crippen LogP contribution in [0.4, 0.5) is 11.4 Å². The molecular weight excluding hydrogens is 490 g/mol. The Morgan fingerprint density at radius 3 is 2.54 bits per heavy atom. The van der Waals surface area contributed by atoms with Crippen molar-refractivity contribution in [3.8, 4) is 17.1 Å². The van der Waals surface area contributed by atoms with E-state index in [0.717, 1.165) is 72.1 Å². The molecule has 1 aliphatic rings. The summed E-state index contributed by atoms with van der Waals surface area (Å²) in [5.41, 5.74) is 7.11. The highest BCUT2D eigenvalue weighted by Gasteiger charge is 2.21. The zero-order chi connectivity index (χ0) is 27.2. The number of hydrogen-bond donors (Lipinski definition) is 4. The molecule has 2 aromatic carbocycles. The highest BCUT2D eigenvalue weighted by molar-refractivity contribution is 5.89. The Bertz CT molecular complexity index is 1390. The lowest BCUT2D eigenvalue weighted by Crippen LogP contribution is -2.38. The molecule has 0 unspecified atom stereocenters. The first-order chi connectivity index (χ1) is 19.0. The first-order valence-corrected chi connectivity index (χ1v) is 13.5. The van der Waals surface area contributed by atoms with Gasteiger partial charge in [0.15, 0.2) is 5.65 Å². The molecule has 1 aliphatic heterocycles. The number of anilines is 2. The van der Waals surface area contributed by atoms with E-state index in [0.29, 0.717) is 24.7 Å². The van der Waals surface area contributed by atoms with Gasteiger partial charge in [0.05, 0.1) is 12.8 Å². The number of aromatic amines is 1. The lowest BCUT2D eigenvalue weighted by Gasteiger charge is -2.33. The fraction of sp³-hybridized carbons (Fsp3) is 0.367. The lowest BCUT2D eigenvalue weighted by atomic mass is 10.0. The molecule has 39 heavy (non-hydrogen) atoms. The first-order valence-electron chi connectivity index (χ1n) is 13.5. The van der Waals surface area contributed by atoms with Crippen molar-refractivity contribution in [2.45, 2.75) is 38.8 Å². The summed E-state index contributed by atoms with van der Waals surface area (Å²) < 4.78 is 5.28. The topological polar surface area (TPSA) is 107 Å². The van der Waals surface area contributed by atoms with Crippen LogP contribution < -0.4 is 20.7 Å². The van der Waals surface area contributed by atoms with Crippen molar-refractivity contribution < 1.29 is 9.53 Å². The van der Waals surface area contributed by atoms with Crippen molar-refractivity contribution >= 4 is 28.4 Å². The molecule has 5 rings (SSSR count). The molecule has 204 valence electrons. The molecule has 1 fully saturated rings. The number of ether oxygens (including phenoxy) is 1. The van der Waals surface area contributed by atoms with Crippen molar-refractivity contribution in [2.24, 2.45) is 0 Å². The van der Waals surface area contributed by atoms with Crippen LogP contribution in [0, 0.1) is 6.92 Å². The number of pyridine rings is 1. The zero-order valence-corrected chi connectivity index (χ0v) is 22.9. The summed E-state index contributed by atoms with van der Waals surface area (Å²) in [4.78, 5) is 26.8. The number of benzene rings is 2. The number of aryl methyl sites for hydroxylation is 1. The van der Waals surface area contributed by atoms with E-state index >= 15 is 0 Å². The number of H-pyrrole nitrogens is 1. The van der Waals surface area contributed by atoms with Crippen molar-refractivity contribution in [3.05, 3.63) is 65.9 Å². The summed E-state index contributed by atoms with van der Waals surface area (Å²) in [7, 11) is 3.35. The minimum Gasteiger partial charge on any atom is -0.497 e. The van der Waals surface area contributed by atoms with Crippen LogP contribution in [0.25, 0.3) is 22.6 Å². The molecule has 3 heterocycles. The number of nitrogens with one attached hydrogen (secondary N) is 4. The zero-order valence-electron chi connectivity index (χ0n) is 22.9. The highest BCUT2D eigenvalue weighted by atomic mass is 16.5. The normalized spacial score (nSPS) is 14.3. The Kier molecular flexibility index (Phi) is 8.27. The number of methoxy groups -OCH3 is 1. The number of aromatic nitrogens is 3. The monoisotopic (exact) mass is 527 g/mol. The van der Waals surface area contributed by atoms with Gasteiger partial charge in [0, 0.05) is 63.1 Å². The van der Waals surface area contributed by atoms with Gasteiger partial charge in [0.1, 0.15) is 17.1 Å². The van der Waals surface area contributed by atoms with Crippen LogP contribution >= 0.6 is 0 Å². The molecular formula is C30H37N7O2. The van der Waals surface area contributed by atoms with Crippen LogP contribution in [-0.2, 0) is 11.3 Å². The van der Waals surface area contributed by atoms with Crippen LogP contribution in [0.15, 0.2) is 54.7 Å². The van der Waals surface area contributed by atoms with Crippen LogP contribution in [0.2, 0.25) is 0 Å². The molecule has 2 aromatic heterocycles. The predicted molar refractivity (Wildman–Crippen MR) is 156 cm³/mol. The maximum atomic E-state index is 11.4. The molecule has 0 radical (unpaired) electrons. The molecule has 9 heteroatoms. The lowest BCUT2D eigenvalue weighted by molar-refractivity contribution is -0.120. The third-order valence-corrected chi connectivity index (χ3v) is 7.33.